The number of aromatic nitrogens is 2. The SMILES string of the molecule is CNc1ncc(C#CCCNC(C)=O)cn1. The molecule has 2 N–H and O–H groups in total. The lowest BCUT2D eigenvalue weighted by Crippen LogP contribution is -2.20. The van der Waals surface area contributed by atoms with Gasteiger partial charge in [0, 0.05) is 39.3 Å². The minimum atomic E-state index is -0.0384. The Bertz CT molecular complexity index is 402. The highest BCUT2D eigenvalue weighted by Crippen LogP contribution is 1.96. The van der Waals surface area contributed by atoms with Crippen molar-refractivity contribution >= 4 is 11.9 Å². The minimum absolute atomic E-state index is 0.0384. The van der Waals surface area contributed by atoms with Crippen LogP contribution in [0.2, 0.25) is 0 Å². The lowest BCUT2D eigenvalue weighted by atomic mass is 10.3. The van der Waals surface area contributed by atoms with Crippen LogP contribution in [-0.2, 0) is 4.79 Å². The normalized spacial score (nSPS) is 8.88. The van der Waals surface area contributed by atoms with Crippen molar-refractivity contribution in [3.8, 4) is 11.8 Å². The molecule has 0 unspecified atom stereocenters. The van der Waals surface area contributed by atoms with E-state index in [1.165, 1.54) is 6.92 Å². The van der Waals surface area contributed by atoms with Crippen LogP contribution < -0.4 is 10.6 Å². The zero-order valence-corrected chi connectivity index (χ0v) is 9.37. The fraction of sp³-hybridized carbons (Fsp3) is 0.364. The molecule has 0 aromatic carbocycles. The first-order chi connectivity index (χ1) is 7.72. The molecule has 16 heavy (non-hydrogen) atoms. The topological polar surface area (TPSA) is 66.9 Å². The average Bonchev–Trinajstić information content (AvgIpc) is 2.29. The predicted octanol–water partition coefficient (Wildman–Crippen LogP) is 0.396. The lowest BCUT2D eigenvalue weighted by Gasteiger charge is -1.96. The third-order valence-corrected chi connectivity index (χ3v) is 1.73. The summed E-state index contributed by atoms with van der Waals surface area (Å²) in [7, 11) is 1.76. The molecule has 1 aromatic heterocycles. The highest BCUT2D eigenvalue weighted by molar-refractivity contribution is 5.72. The monoisotopic (exact) mass is 218 g/mol. The van der Waals surface area contributed by atoms with Crippen LogP contribution in [0.5, 0.6) is 0 Å². The van der Waals surface area contributed by atoms with Gasteiger partial charge in [-0.3, -0.25) is 4.79 Å². The molecule has 5 heteroatoms. The van der Waals surface area contributed by atoms with Gasteiger partial charge >= 0.3 is 0 Å². The van der Waals surface area contributed by atoms with E-state index in [0.717, 1.165) is 5.56 Å². The van der Waals surface area contributed by atoms with Crippen LogP contribution >= 0.6 is 0 Å². The maximum absolute atomic E-state index is 10.6. The van der Waals surface area contributed by atoms with Crippen LogP contribution in [0.4, 0.5) is 5.95 Å². The van der Waals surface area contributed by atoms with Gasteiger partial charge in [-0.05, 0) is 0 Å². The van der Waals surface area contributed by atoms with Gasteiger partial charge in [0.1, 0.15) is 0 Å². The molecule has 0 saturated carbocycles. The van der Waals surface area contributed by atoms with E-state index in [9.17, 15) is 4.79 Å². The summed E-state index contributed by atoms with van der Waals surface area (Å²) in [6.07, 6.45) is 3.93. The van der Waals surface area contributed by atoms with E-state index in [2.05, 4.69) is 32.4 Å². The van der Waals surface area contributed by atoms with Gasteiger partial charge in [0.2, 0.25) is 11.9 Å². The van der Waals surface area contributed by atoms with Crippen LogP contribution in [0.15, 0.2) is 12.4 Å². The van der Waals surface area contributed by atoms with Crippen molar-refractivity contribution in [3.63, 3.8) is 0 Å². The molecule has 84 valence electrons. The van der Waals surface area contributed by atoms with Crippen molar-refractivity contribution in [1.29, 1.82) is 0 Å². The number of amides is 1. The maximum atomic E-state index is 10.6. The molecule has 0 bridgehead atoms. The number of nitrogens with zero attached hydrogens (tertiary/aromatic N) is 2. The summed E-state index contributed by atoms with van der Waals surface area (Å²) < 4.78 is 0. The number of rotatable bonds is 3. The van der Waals surface area contributed by atoms with E-state index >= 15 is 0 Å². The Balaban J connectivity index is 2.41. The van der Waals surface area contributed by atoms with Crippen LogP contribution in [0, 0.1) is 11.8 Å². The fourth-order valence-corrected chi connectivity index (χ4v) is 0.987. The second kappa shape index (κ2) is 6.40. The Morgan fingerprint density at radius 3 is 2.69 bits per heavy atom. The fourth-order valence-electron chi connectivity index (χ4n) is 0.987. The number of hydrogen-bond acceptors (Lipinski definition) is 4. The van der Waals surface area contributed by atoms with E-state index in [4.69, 9.17) is 0 Å². The van der Waals surface area contributed by atoms with Gasteiger partial charge in [0.05, 0.1) is 5.56 Å². The molecule has 0 atom stereocenters. The highest BCUT2D eigenvalue weighted by atomic mass is 16.1. The molecule has 0 saturated heterocycles. The first-order valence-electron chi connectivity index (χ1n) is 4.95. The number of carbonyl (C=O) groups excluding carboxylic acids is 1. The van der Waals surface area contributed by atoms with Crippen molar-refractivity contribution < 1.29 is 4.79 Å². The van der Waals surface area contributed by atoms with Crippen LogP contribution in [0.3, 0.4) is 0 Å². The number of nitrogens with one attached hydrogen (secondary N) is 2. The molecule has 0 radical (unpaired) electrons. The molecule has 1 heterocycles. The lowest BCUT2D eigenvalue weighted by molar-refractivity contribution is -0.118. The maximum Gasteiger partial charge on any atom is 0.222 e. The van der Waals surface area contributed by atoms with Crippen molar-refractivity contribution in [2.45, 2.75) is 13.3 Å². The van der Waals surface area contributed by atoms with Crippen LogP contribution in [0.25, 0.3) is 0 Å². The van der Waals surface area contributed by atoms with Gasteiger partial charge in [-0.2, -0.15) is 0 Å². The Hall–Kier alpha value is -2.09. The molecule has 0 aliphatic heterocycles. The number of carbonyl (C=O) groups is 1. The minimum Gasteiger partial charge on any atom is -0.357 e. The van der Waals surface area contributed by atoms with E-state index in [1.807, 2.05) is 0 Å². The Morgan fingerprint density at radius 1 is 1.44 bits per heavy atom. The van der Waals surface area contributed by atoms with Gasteiger partial charge in [0.25, 0.3) is 0 Å². The summed E-state index contributed by atoms with van der Waals surface area (Å²) in [6.45, 7) is 2.05. The van der Waals surface area contributed by atoms with Gasteiger partial charge < -0.3 is 10.6 Å². The van der Waals surface area contributed by atoms with Crippen molar-refractivity contribution in [2.75, 3.05) is 18.9 Å². The molecular weight excluding hydrogens is 204 g/mol. The molecular formula is C11H14N4O. The summed E-state index contributed by atoms with van der Waals surface area (Å²) in [5, 5.41) is 5.49. The molecule has 1 rings (SSSR count). The molecule has 1 aromatic rings. The van der Waals surface area contributed by atoms with E-state index in [0.29, 0.717) is 18.9 Å². The summed E-state index contributed by atoms with van der Waals surface area (Å²) >= 11 is 0. The third-order valence-electron chi connectivity index (χ3n) is 1.73. The van der Waals surface area contributed by atoms with Crippen molar-refractivity contribution in [3.05, 3.63) is 18.0 Å². The highest BCUT2D eigenvalue weighted by Gasteiger charge is 1.91. The molecule has 0 fully saturated rings. The molecule has 0 spiro atoms. The van der Waals surface area contributed by atoms with Crippen molar-refractivity contribution in [1.82, 2.24) is 15.3 Å². The summed E-state index contributed by atoms with van der Waals surface area (Å²) in [5.41, 5.74) is 0.766. The molecule has 0 aliphatic carbocycles. The predicted molar refractivity (Wildman–Crippen MR) is 61.8 cm³/mol. The second-order valence-corrected chi connectivity index (χ2v) is 3.08. The zero-order valence-electron chi connectivity index (χ0n) is 9.37. The summed E-state index contributed by atoms with van der Waals surface area (Å²) in [5.74, 6) is 6.38. The standard InChI is InChI=1S/C11H14N4O/c1-9(16)13-6-4-3-5-10-7-14-11(12-2)15-8-10/h7-8H,4,6H2,1-2H3,(H,13,16)(H,12,14,15). The first-order valence-corrected chi connectivity index (χ1v) is 4.95. The Kier molecular flexibility index (Phi) is 4.80. The Labute approximate surface area is 94.7 Å². The van der Waals surface area contributed by atoms with Gasteiger partial charge in [-0.15, -0.1) is 0 Å². The molecule has 1 amide bonds. The van der Waals surface area contributed by atoms with E-state index < -0.39 is 0 Å². The summed E-state index contributed by atoms with van der Waals surface area (Å²) in [4.78, 5) is 18.6. The van der Waals surface area contributed by atoms with E-state index in [1.54, 1.807) is 19.4 Å². The third kappa shape index (κ3) is 4.42. The number of anilines is 1. The van der Waals surface area contributed by atoms with Gasteiger partial charge in [-0.25, -0.2) is 9.97 Å². The van der Waals surface area contributed by atoms with Crippen molar-refractivity contribution in [2.24, 2.45) is 0 Å². The molecule has 5 nitrogen and oxygen atoms in total. The van der Waals surface area contributed by atoms with Crippen LogP contribution in [-0.4, -0.2) is 29.5 Å². The second-order valence-electron chi connectivity index (χ2n) is 3.08. The smallest absolute Gasteiger partial charge is 0.222 e. The summed E-state index contributed by atoms with van der Waals surface area (Å²) in [6, 6.07) is 0. The average molecular weight is 218 g/mol. The van der Waals surface area contributed by atoms with Crippen LogP contribution in [0.1, 0.15) is 18.9 Å². The largest absolute Gasteiger partial charge is 0.357 e. The van der Waals surface area contributed by atoms with E-state index in [-0.39, 0.29) is 5.91 Å². The zero-order chi connectivity index (χ0) is 11.8. The molecule has 0 aliphatic rings. The van der Waals surface area contributed by atoms with Gasteiger partial charge in [-0.1, -0.05) is 11.8 Å². The van der Waals surface area contributed by atoms with Gasteiger partial charge in [0.15, 0.2) is 0 Å². The first kappa shape index (κ1) is 12.0. The number of hydrogen-bond donors (Lipinski definition) is 2. The Morgan fingerprint density at radius 2 is 2.12 bits per heavy atom. The quantitative estimate of drug-likeness (QED) is 0.569.